The summed E-state index contributed by atoms with van der Waals surface area (Å²) in [6, 6.07) is 3.48. The van der Waals surface area contributed by atoms with Crippen molar-refractivity contribution in [2.24, 2.45) is 0 Å². The molecule has 168 valence electrons. The zero-order chi connectivity index (χ0) is 23.2. The van der Waals surface area contributed by atoms with Gasteiger partial charge in [-0.3, -0.25) is 4.79 Å². The van der Waals surface area contributed by atoms with E-state index in [1.807, 2.05) is 0 Å². The summed E-state index contributed by atoms with van der Waals surface area (Å²) in [6.07, 6.45) is -4.68. The fourth-order valence-electron chi connectivity index (χ4n) is 2.24. The third-order valence-electron chi connectivity index (χ3n) is 3.69. The number of anilines is 1. The lowest BCUT2D eigenvalue weighted by Gasteiger charge is -2.15. The molecule has 31 heavy (non-hydrogen) atoms. The van der Waals surface area contributed by atoms with Crippen molar-refractivity contribution in [3.63, 3.8) is 0 Å². The van der Waals surface area contributed by atoms with Crippen LogP contribution >= 0.6 is 11.6 Å². The number of halogens is 6. The van der Waals surface area contributed by atoms with Gasteiger partial charge < -0.3 is 19.5 Å². The maximum atomic E-state index is 13.3. The van der Waals surface area contributed by atoms with E-state index in [1.165, 1.54) is 7.11 Å². The van der Waals surface area contributed by atoms with E-state index < -0.39 is 52.4 Å². The highest BCUT2D eigenvalue weighted by atomic mass is 35.5. The summed E-state index contributed by atoms with van der Waals surface area (Å²) in [7, 11) is 1.40. The van der Waals surface area contributed by atoms with E-state index in [0.29, 0.717) is 18.2 Å². The second kappa shape index (κ2) is 10.4. The molecular formula is C19H15ClF5NO5. The molecule has 6 nitrogen and oxygen atoms in total. The number of rotatable bonds is 8. The molecule has 0 radical (unpaired) electrons. The van der Waals surface area contributed by atoms with E-state index in [-0.39, 0.29) is 24.7 Å². The Balaban J connectivity index is 2.11. The van der Waals surface area contributed by atoms with E-state index in [0.717, 1.165) is 12.1 Å². The Labute approximate surface area is 177 Å². The van der Waals surface area contributed by atoms with Gasteiger partial charge in [0.25, 0.3) is 5.91 Å². The topological polar surface area (TPSA) is 73.9 Å². The van der Waals surface area contributed by atoms with E-state index in [9.17, 15) is 31.5 Å². The molecule has 0 aliphatic heterocycles. The Morgan fingerprint density at radius 2 is 1.74 bits per heavy atom. The number of alkyl halides is 3. The van der Waals surface area contributed by atoms with Crippen molar-refractivity contribution >= 4 is 29.2 Å². The minimum Gasteiger partial charge on any atom is -0.489 e. The molecular weight excluding hydrogens is 453 g/mol. The molecule has 0 heterocycles. The Morgan fingerprint density at radius 3 is 2.39 bits per heavy atom. The van der Waals surface area contributed by atoms with Gasteiger partial charge in [0.2, 0.25) is 0 Å². The van der Waals surface area contributed by atoms with E-state index >= 15 is 0 Å². The molecule has 0 saturated carbocycles. The Kier molecular flexibility index (Phi) is 8.17. The van der Waals surface area contributed by atoms with Crippen LogP contribution in [-0.2, 0) is 20.4 Å². The van der Waals surface area contributed by atoms with Crippen molar-refractivity contribution in [1.82, 2.24) is 0 Å². The summed E-state index contributed by atoms with van der Waals surface area (Å²) < 4.78 is 80.0. The molecule has 0 bridgehead atoms. The van der Waals surface area contributed by atoms with Gasteiger partial charge in [-0.2, -0.15) is 13.2 Å². The molecule has 1 N–H and O–H groups in total. The van der Waals surface area contributed by atoms with Crippen molar-refractivity contribution in [2.45, 2.75) is 6.18 Å². The van der Waals surface area contributed by atoms with Crippen molar-refractivity contribution in [1.29, 1.82) is 0 Å². The fourth-order valence-corrected chi connectivity index (χ4v) is 2.47. The molecule has 0 fully saturated rings. The van der Waals surface area contributed by atoms with Crippen LogP contribution in [0.15, 0.2) is 30.3 Å². The molecule has 2 aromatic rings. The minimum absolute atomic E-state index is 0.00560. The number of carbonyl (C=O) groups excluding carboxylic acids is 2. The van der Waals surface area contributed by atoms with E-state index in [4.69, 9.17) is 21.1 Å². The number of esters is 1. The second-order valence-electron chi connectivity index (χ2n) is 5.92. The van der Waals surface area contributed by atoms with Gasteiger partial charge in [0, 0.05) is 7.11 Å². The Hall–Kier alpha value is -2.92. The molecule has 0 saturated heterocycles. The predicted molar refractivity (Wildman–Crippen MR) is 99.1 cm³/mol. The first-order valence-electron chi connectivity index (χ1n) is 8.47. The lowest BCUT2D eigenvalue weighted by atomic mass is 10.1. The zero-order valence-electron chi connectivity index (χ0n) is 15.8. The average Bonchev–Trinajstić information content (AvgIpc) is 2.69. The van der Waals surface area contributed by atoms with Crippen LogP contribution in [0, 0.1) is 11.6 Å². The monoisotopic (exact) mass is 467 g/mol. The highest BCUT2D eigenvalue weighted by Crippen LogP contribution is 2.35. The van der Waals surface area contributed by atoms with Crippen LogP contribution in [0.4, 0.5) is 27.6 Å². The molecule has 2 rings (SSSR count). The third-order valence-corrected chi connectivity index (χ3v) is 4.00. The van der Waals surface area contributed by atoms with Crippen LogP contribution in [0.3, 0.4) is 0 Å². The molecule has 0 aromatic heterocycles. The van der Waals surface area contributed by atoms with Crippen molar-refractivity contribution < 1.29 is 45.8 Å². The Bertz CT molecular complexity index is 967. The van der Waals surface area contributed by atoms with Crippen LogP contribution in [-0.4, -0.2) is 38.8 Å². The molecule has 0 unspecified atom stereocenters. The number of ether oxygens (including phenoxy) is 3. The summed E-state index contributed by atoms with van der Waals surface area (Å²) in [5, 5.41) is 1.69. The van der Waals surface area contributed by atoms with Crippen LogP contribution in [0.2, 0.25) is 5.02 Å². The summed E-state index contributed by atoms with van der Waals surface area (Å²) in [6.45, 7) is -0.808. The number of hydrogen-bond donors (Lipinski definition) is 1. The molecule has 12 heteroatoms. The first-order valence-corrected chi connectivity index (χ1v) is 8.85. The zero-order valence-corrected chi connectivity index (χ0v) is 16.6. The van der Waals surface area contributed by atoms with Gasteiger partial charge in [-0.1, -0.05) is 11.6 Å². The number of methoxy groups -OCH3 is 1. The van der Waals surface area contributed by atoms with E-state index in [1.54, 1.807) is 0 Å². The predicted octanol–water partition coefficient (Wildman–Crippen LogP) is 4.46. The summed E-state index contributed by atoms with van der Waals surface area (Å²) in [5.74, 6) is -4.97. The maximum absolute atomic E-state index is 13.3. The first-order chi connectivity index (χ1) is 14.5. The molecule has 0 spiro atoms. The van der Waals surface area contributed by atoms with Gasteiger partial charge in [-0.25, -0.2) is 13.6 Å². The van der Waals surface area contributed by atoms with Gasteiger partial charge in [0.1, 0.15) is 12.4 Å². The number of nitrogens with one attached hydrogen (secondary N) is 1. The lowest BCUT2D eigenvalue weighted by molar-refractivity contribution is -0.137. The summed E-state index contributed by atoms with van der Waals surface area (Å²) in [4.78, 5) is 24.0. The van der Waals surface area contributed by atoms with Crippen LogP contribution < -0.4 is 10.1 Å². The second-order valence-corrected chi connectivity index (χ2v) is 6.33. The number of hydrogen-bond acceptors (Lipinski definition) is 5. The summed E-state index contributed by atoms with van der Waals surface area (Å²) in [5.41, 5.74) is -1.90. The highest BCUT2D eigenvalue weighted by molar-refractivity contribution is 6.33. The van der Waals surface area contributed by atoms with Gasteiger partial charge in [-0.05, 0) is 30.3 Å². The molecule has 0 atom stereocenters. The van der Waals surface area contributed by atoms with Gasteiger partial charge in [-0.15, -0.1) is 0 Å². The molecule has 1 amide bonds. The average molecular weight is 468 g/mol. The molecule has 2 aromatic carbocycles. The standard InChI is InChI=1S/C19H15ClF5NO5/c1-29-4-5-30-16-3-2-10(19(23,24)25)6-15(16)26-17(27)9-31-18(28)11-7-13(21)14(22)8-12(11)20/h2-3,6-8H,4-5,9H2,1H3,(H,26,27). The van der Waals surface area contributed by atoms with Crippen LogP contribution in [0.25, 0.3) is 0 Å². The smallest absolute Gasteiger partial charge is 0.416 e. The van der Waals surface area contributed by atoms with Crippen molar-refractivity contribution in [2.75, 3.05) is 32.2 Å². The highest BCUT2D eigenvalue weighted by Gasteiger charge is 2.31. The normalized spacial score (nSPS) is 11.2. The maximum Gasteiger partial charge on any atom is 0.416 e. The van der Waals surface area contributed by atoms with Crippen molar-refractivity contribution in [3.8, 4) is 5.75 Å². The SMILES string of the molecule is COCCOc1ccc(C(F)(F)F)cc1NC(=O)COC(=O)c1cc(F)c(F)cc1Cl. The molecule has 0 aliphatic rings. The van der Waals surface area contributed by atoms with Gasteiger partial charge >= 0.3 is 12.1 Å². The number of amides is 1. The number of benzene rings is 2. The van der Waals surface area contributed by atoms with Gasteiger partial charge in [0.05, 0.1) is 28.4 Å². The first kappa shape index (κ1) is 24.4. The fraction of sp³-hybridized carbons (Fsp3) is 0.263. The van der Waals surface area contributed by atoms with E-state index in [2.05, 4.69) is 10.1 Å². The molecule has 0 aliphatic carbocycles. The third kappa shape index (κ3) is 6.79. The van der Waals surface area contributed by atoms with Crippen LogP contribution in [0.1, 0.15) is 15.9 Å². The minimum atomic E-state index is -4.68. The largest absolute Gasteiger partial charge is 0.489 e. The van der Waals surface area contributed by atoms with Gasteiger partial charge in [0.15, 0.2) is 18.2 Å². The van der Waals surface area contributed by atoms with Crippen LogP contribution in [0.5, 0.6) is 5.75 Å². The quantitative estimate of drug-likeness (QED) is 0.269. The number of carbonyl (C=O) groups is 2. The lowest BCUT2D eigenvalue weighted by Crippen LogP contribution is -2.22. The van der Waals surface area contributed by atoms with Crippen molar-refractivity contribution in [3.05, 3.63) is 58.1 Å². The summed E-state index contributed by atoms with van der Waals surface area (Å²) >= 11 is 5.64. The Morgan fingerprint density at radius 1 is 1.06 bits per heavy atom.